The predicted octanol–water partition coefficient (Wildman–Crippen LogP) is 4.45. The van der Waals surface area contributed by atoms with E-state index in [1.807, 2.05) is 0 Å². The number of hydrogen-bond donors (Lipinski definition) is 1. The van der Waals surface area contributed by atoms with Crippen LogP contribution in [0.2, 0.25) is 4.34 Å². The van der Waals surface area contributed by atoms with Crippen LogP contribution in [0.5, 0.6) is 0 Å². The number of nitrogens with one attached hydrogen (secondary N) is 1. The summed E-state index contributed by atoms with van der Waals surface area (Å²) in [6.45, 7) is -2.32. The van der Waals surface area contributed by atoms with E-state index in [4.69, 9.17) is 16.3 Å². The third-order valence-corrected chi connectivity index (χ3v) is 4.84. The lowest BCUT2D eigenvalue weighted by atomic mass is 10.1. The number of fused-ring (bicyclic) bond motifs is 1. The van der Waals surface area contributed by atoms with Crippen LogP contribution >= 0.6 is 22.9 Å². The molecule has 0 saturated heterocycles. The number of thiophene rings is 1. The maximum Gasteiger partial charge on any atom is 0.405 e. The van der Waals surface area contributed by atoms with E-state index in [1.54, 1.807) is 41.7 Å². The van der Waals surface area contributed by atoms with E-state index in [9.17, 15) is 22.8 Å². The standard InChI is InChI=1S/C18H12ClF3N2O3S/c19-15-6-5-14(28-15)13-7-11(10-3-1-2-4-12(10)24-13)17(26)27-8-16(25)23-9-18(20,21)22/h1-7H,8-9H2,(H,23,25). The molecule has 146 valence electrons. The highest BCUT2D eigenvalue weighted by Gasteiger charge is 2.28. The molecule has 1 aromatic carbocycles. The summed E-state index contributed by atoms with van der Waals surface area (Å²) in [7, 11) is 0. The largest absolute Gasteiger partial charge is 0.452 e. The summed E-state index contributed by atoms with van der Waals surface area (Å²) in [6, 6.07) is 11.8. The van der Waals surface area contributed by atoms with Gasteiger partial charge in [-0.15, -0.1) is 11.3 Å². The average Bonchev–Trinajstić information content (AvgIpc) is 3.09. The molecule has 0 saturated carbocycles. The van der Waals surface area contributed by atoms with Crippen molar-refractivity contribution < 1.29 is 27.5 Å². The Morgan fingerprint density at radius 2 is 1.93 bits per heavy atom. The third-order valence-electron chi connectivity index (χ3n) is 3.58. The summed E-state index contributed by atoms with van der Waals surface area (Å²) in [5, 5.41) is 2.14. The van der Waals surface area contributed by atoms with Crippen LogP contribution in [0.15, 0.2) is 42.5 Å². The second-order valence-corrected chi connectivity index (χ2v) is 7.36. The Hall–Kier alpha value is -2.65. The molecule has 2 aromatic heterocycles. The zero-order chi connectivity index (χ0) is 20.3. The van der Waals surface area contributed by atoms with E-state index in [-0.39, 0.29) is 5.56 Å². The van der Waals surface area contributed by atoms with Crippen LogP contribution in [-0.4, -0.2) is 36.2 Å². The number of alkyl halides is 3. The van der Waals surface area contributed by atoms with Gasteiger partial charge in [-0.05, 0) is 24.3 Å². The highest BCUT2D eigenvalue weighted by molar-refractivity contribution is 7.19. The molecule has 0 aliphatic carbocycles. The third kappa shape index (κ3) is 4.99. The van der Waals surface area contributed by atoms with Gasteiger partial charge in [-0.1, -0.05) is 29.8 Å². The highest BCUT2D eigenvalue weighted by atomic mass is 35.5. The van der Waals surface area contributed by atoms with Crippen molar-refractivity contribution in [3.05, 3.63) is 52.4 Å². The van der Waals surface area contributed by atoms with Crippen LogP contribution in [0.1, 0.15) is 10.4 Å². The van der Waals surface area contributed by atoms with Crippen LogP contribution in [-0.2, 0) is 9.53 Å². The van der Waals surface area contributed by atoms with Crippen LogP contribution in [0, 0.1) is 0 Å². The van der Waals surface area contributed by atoms with Gasteiger partial charge in [0.25, 0.3) is 5.91 Å². The van der Waals surface area contributed by atoms with Crippen molar-refractivity contribution in [3.8, 4) is 10.6 Å². The summed E-state index contributed by atoms with van der Waals surface area (Å²) in [4.78, 5) is 29.2. The summed E-state index contributed by atoms with van der Waals surface area (Å²) in [5.41, 5.74) is 1.16. The monoisotopic (exact) mass is 428 g/mol. The Kier molecular flexibility index (Phi) is 5.85. The molecule has 0 spiro atoms. The molecule has 0 atom stereocenters. The van der Waals surface area contributed by atoms with Crippen molar-refractivity contribution in [2.24, 2.45) is 0 Å². The minimum atomic E-state index is -4.54. The number of carbonyl (C=O) groups is 2. The number of nitrogens with zero attached hydrogens (tertiary/aromatic N) is 1. The van der Waals surface area contributed by atoms with Gasteiger partial charge < -0.3 is 10.1 Å². The lowest BCUT2D eigenvalue weighted by molar-refractivity contribution is -0.140. The second-order valence-electron chi connectivity index (χ2n) is 5.64. The first-order valence-electron chi connectivity index (χ1n) is 7.89. The first kappa shape index (κ1) is 20.1. The van der Waals surface area contributed by atoms with Gasteiger partial charge in [0.1, 0.15) is 6.54 Å². The van der Waals surface area contributed by atoms with E-state index in [0.29, 0.717) is 20.9 Å². The number of amides is 1. The fourth-order valence-corrected chi connectivity index (χ4v) is 3.38. The number of hydrogen-bond acceptors (Lipinski definition) is 5. The summed E-state index contributed by atoms with van der Waals surface area (Å²) < 4.78 is 41.8. The van der Waals surface area contributed by atoms with Crippen LogP contribution < -0.4 is 5.32 Å². The molecule has 1 amide bonds. The minimum Gasteiger partial charge on any atom is -0.452 e. The van der Waals surface area contributed by atoms with Gasteiger partial charge in [0.15, 0.2) is 6.61 Å². The molecule has 0 radical (unpaired) electrons. The molecule has 2 heterocycles. The zero-order valence-corrected chi connectivity index (χ0v) is 15.6. The lowest BCUT2D eigenvalue weighted by Gasteiger charge is -2.10. The second kappa shape index (κ2) is 8.15. The number of carbonyl (C=O) groups excluding carboxylic acids is 2. The maximum absolute atomic E-state index is 12.5. The summed E-state index contributed by atoms with van der Waals surface area (Å²) in [6.07, 6.45) is -4.54. The molecule has 10 heteroatoms. The fourth-order valence-electron chi connectivity index (χ4n) is 2.38. The molecule has 3 aromatic rings. The van der Waals surface area contributed by atoms with E-state index in [1.165, 1.54) is 17.4 Å². The van der Waals surface area contributed by atoms with Gasteiger partial charge in [-0.25, -0.2) is 9.78 Å². The van der Waals surface area contributed by atoms with E-state index in [0.717, 1.165) is 4.88 Å². The summed E-state index contributed by atoms with van der Waals surface area (Å²) >= 11 is 7.23. The smallest absolute Gasteiger partial charge is 0.405 e. The Morgan fingerprint density at radius 3 is 2.61 bits per heavy atom. The number of rotatable bonds is 5. The molecule has 1 N–H and O–H groups in total. The lowest BCUT2D eigenvalue weighted by Crippen LogP contribution is -2.36. The SMILES string of the molecule is O=C(COC(=O)c1cc(-c2ccc(Cl)s2)nc2ccccc12)NCC(F)(F)F. The Balaban J connectivity index is 1.83. The van der Waals surface area contributed by atoms with Gasteiger partial charge in [0.2, 0.25) is 0 Å². The highest BCUT2D eigenvalue weighted by Crippen LogP contribution is 2.32. The first-order chi connectivity index (χ1) is 13.2. The van der Waals surface area contributed by atoms with Crippen LogP contribution in [0.25, 0.3) is 21.5 Å². The van der Waals surface area contributed by atoms with Crippen LogP contribution in [0.4, 0.5) is 13.2 Å². The molecule has 3 rings (SSSR count). The van der Waals surface area contributed by atoms with Gasteiger partial charge in [-0.2, -0.15) is 13.2 Å². The van der Waals surface area contributed by atoms with Crippen molar-refractivity contribution in [1.29, 1.82) is 0 Å². The average molecular weight is 429 g/mol. The van der Waals surface area contributed by atoms with Gasteiger partial charge in [0.05, 0.1) is 26.0 Å². The van der Waals surface area contributed by atoms with Crippen molar-refractivity contribution >= 4 is 45.7 Å². The summed E-state index contributed by atoms with van der Waals surface area (Å²) in [5.74, 6) is -1.89. The number of esters is 1. The molecule has 0 fully saturated rings. The molecular weight excluding hydrogens is 417 g/mol. The minimum absolute atomic E-state index is 0.147. The maximum atomic E-state index is 12.5. The molecule has 0 aliphatic rings. The van der Waals surface area contributed by atoms with Gasteiger partial charge in [-0.3, -0.25) is 4.79 Å². The number of pyridine rings is 1. The molecular formula is C18H12ClF3N2O3S. The van der Waals surface area contributed by atoms with E-state index < -0.39 is 31.2 Å². The zero-order valence-electron chi connectivity index (χ0n) is 14.0. The van der Waals surface area contributed by atoms with Crippen molar-refractivity contribution in [1.82, 2.24) is 10.3 Å². The Morgan fingerprint density at radius 1 is 1.18 bits per heavy atom. The first-order valence-corrected chi connectivity index (χ1v) is 9.08. The van der Waals surface area contributed by atoms with Crippen LogP contribution in [0.3, 0.4) is 0 Å². The fraction of sp³-hybridized carbons (Fsp3) is 0.167. The molecule has 0 unspecified atom stereocenters. The van der Waals surface area contributed by atoms with Crippen molar-refractivity contribution in [3.63, 3.8) is 0 Å². The normalized spacial score (nSPS) is 11.4. The number of para-hydroxylation sites is 1. The number of halogens is 4. The Labute approximate surface area is 166 Å². The Bertz CT molecular complexity index is 1040. The van der Waals surface area contributed by atoms with E-state index >= 15 is 0 Å². The molecule has 0 bridgehead atoms. The predicted molar refractivity (Wildman–Crippen MR) is 99.4 cm³/mol. The topological polar surface area (TPSA) is 68.3 Å². The quantitative estimate of drug-likeness (QED) is 0.609. The number of ether oxygens (including phenoxy) is 1. The molecule has 28 heavy (non-hydrogen) atoms. The van der Waals surface area contributed by atoms with Gasteiger partial charge in [0, 0.05) is 5.39 Å². The number of benzene rings is 1. The molecule has 0 aliphatic heterocycles. The van der Waals surface area contributed by atoms with Crippen molar-refractivity contribution in [2.75, 3.05) is 13.2 Å². The van der Waals surface area contributed by atoms with Crippen molar-refractivity contribution in [2.45, 2.75) is 6.18 Å². The number of aromatic nitrogens is 1. The van der Waals surface area contributed by atoms with E-state index in [2.05, 4.69) is 4.98 Å². The molecule has 5 nitrogen and oxygen atoms in total. The van der Waals surface area contributed by atoms with Gasteiger partial charge >= 0.3 is 12.1 Å².